The van der Waals surface area contributed by atoms with Crippen LogP contribution in [0.25, 0.3) is 110 Å². The Balaban J connectivity index is 1.09. The monoisotopic (exact) mass is 659 g/mol. The Bertz CT molecular complexity index is 3280. The number of nitrogens with zero attached hydrogens (tertiary/aromatic N) is 3. The second-order valence-electron chi connectivity index (χ2n) is 14.0. The minimum Gasteiger partial charge on any atom is -0.309 e. The van der Waals surface area contributed by atoms with Gasteiger partial charge in [-0.3, -0.25) is 4.98 Å². The van der Waals surface area contributed by atoms with E-state index in [0.717, 1.165) is 11.4 Å². The highest BCUT2D eigenvalue weighted by Gasteiger charge is 2.24. The molecule has 0 N–H and O–H groups in total. The van der Waals surface area contributed by atoms with Crippen molar-refractivity contribution in [1.82, 2.24) is 14.1 Å². The molecule has 3 nitrogen and oxygen atoms in total. The number of fused-ring (bicyclic) bond motifs is 11. The highest BCUT2D eigenvalue weighted by atomic mass is 15.0. The van der Waals surface area contributed by atoms with Crippen LogP contribution in [0.3, 0.4) is 0 Å². The van der Waals surface area contributed by atoms with E-state index in [1.807, 2.05) is 6.20 Å². The molecule has 3 heteroatoms. The average Bonchev–Trinajstić information content (AvgIpc) is 3.84. The van der Waals surface area contributed by atoms with Gasteiger partial charge in [-0.25, -0.2) is 0 Å². The molecular weight excluding hydrogens is 631 g/mol. The SMILES string of the molecule is c1ccc(-n2c3ccccc3c3cc(-c4ccc5c(c4)c4ccc6ccccc6c4n5-c4ccc5c(c4)-c4cccc6ccnc-5c46)ccc32)cc1. The van der Waals surface area contributed by atoms with Gasteiger partial charge >= 0.3 is 0 Å². The predicted octanol–water partition coefficient (Wildman–Crippen LogP) is 12.9. The number of hydrogen-bond acceptors (Lipinski definition) is 1. The van der Waals surface area contributed by atoms with E-state index in [-0.39, 0.29) is 0 Å². The average molecular weight is 660 g/mol. The third kappa shape index (κ3) is 3.72. The van der Waals surface area contributed by atoms with E-state index >= 15 is 0 Å². The van der Waals surface area contributed by atoms with E-state index in [4.69, 9.17) is 4.98 Å². The second-order valence-corrected chi connectivity index (χ2v) is 14.0. The molecule has 0 saturated heterocycles. The summed E-state index contributed by atoms with van der Waals surface area (Å²) < 4.78 is 4.85. The Hall–Kier alpha value is -6.97. The van der Waals surface area contributed by atoms with Crippen LogP contribution in [0.1, 0.15) is 0 Å². The maximum atomic E-state index is 4.83. The lowest BCUT2D eigenvalue weighted by Crippen LogP contribution is -1.95. The summed E-state index contributed by atoms with van der Waals surface area (Å²) in [5, 5.41) is 9.99. The first-order chi connectivity index (χ1) is 25.8. The van der Waals surface area contributed by atoms with Gasteiger partial charge in [0.1, 0.15) is 0 Å². The number of para-hydroxylation sites is 2. The molecule has 0 aliphatic heterocycles. The predicted molar refractivity (Wildman–Crippen MR) is 218 cm³/mol. The molecule has 1 aliphatic rings. The topological polar surface area (TPSA) is 22.8 Å². The smallest absolute Gasteiger partial charge is 0.0792 e. The molecule has 0 fully saturated rings. The minimum absolute atomic E-state index is 1.08. The number of hydrogen-bond donors (Lipinski definition) is 0. The quantitative estimate of drug-likeness (QED) is 0.185. The van der Waals surface area contributed by atoms with Crippen molar-refractivity contribution in [3.63, 3.8) is 0 Å². The molecule has 12 rings (SSSR count). The zero-order valence-corrected chi connectivity index (χ0v) is 28.1. The normalized spacial score (nSPS) is 12.2. The third-order valence-corrected chi connectivity index (χ3v) is 11.3. The van der Waals surface area contributed by atoms with E-state index in [9.17, 15) is 0 Å². The Morgan fingerprint density at radius 1 is 0.365 bits per heavy atom. The van der Waals surface area contributed by atoms with Gasteiger partial charge < -0.3 is 9.13 Å². The van der Waals surface area contributed by atoms with Crippen LogP contribution in [0.2, 0.25) is 0 Å². The third-order valence-electron chi connectivity index (χ3n) is 11.3. The first-order valence-electron chi connectivity index (χ1n) is 17.9. The maximum absolute atomic E-state index is 4.83. The van der Waals surface area contributed by atoms with Gasteiger partial charge in [0.05, 0.1) is 27.8 Å². The highest BCUT2D eigenvalue weighted by Crippen LogP contribution is 2.48. The lowest BCUT2D eigenvalue weighted by molar-refractivity contribution is 1.18. The summed E-state index contributed by atoms with van der Waals surface area (Å²) in [5.41, 5.74) is 14.4. The van der Waals surface area contributed by atoms with Gasteiger partial charge in [-0.05, 0) is 93.7 Å². The van der Waals surface area contributed by atoms with Gasteiger partial charge in [0.2, 0.25) is 0 Å². The molecule has 0 atom stereocenters. The molecule has 0 amide bonds. The standard InChI is InChI=1S/C49H29N3/c1-2-11-34(12-3-1)51-44-16-7-6-14-37(44)42-27-32(18-23-45(42)51)33-19-24-46-43(28-33)40-21-17-30-9-4-5-13-36(30)49(40)52(46)35-20-22-39-41(29-35)38-15-8-10-31-25-26-50-48(39)47(31)38/h1-29H. The number of rotatable bonds is 3. The van der Waals surface area contributed by atoms with Crippen LogP contribution in [-0.4, -0.2) is 14.1 Å². The van der Waals surface area contributed by atoms with E-state index in [2.05, 4.69) is 179 Å². The zero-order chi connectivity index (χ0) is 33.9. The van der Waals surface area contributed by atoms with Gasteiger partial charge in [-0.15, -0.1) is 0 Å². The minimum atomic E-state index is 1.08. The first kappa shape index (κ1) is 27.8. The van der Waals surface area contributed by atoms with Crippen molar-refractivity contribution in [1.29, 1.82) is 0 Å². The molecule has 8 aromatic carbocycles. The number of aromatic nitrogens is 3. The molecule has 240 valence electrons. The summed E-state index contributed by atoms with van der Waals surface area (Å²) in [6, 6.07) is 62.3. The van der Waals surface area contributed by atoms with Crippen LogP contribution < -0.4 is 0 Å². The molecule has 52 heavy (non-hydrogen) atoms. The molecule has 0 saturated carbocycles. The molecule has 1 aliphatic carbocycles. The molecule has 0 bridgehead atoms. The van der Waals surface area contributed by atoms with Gasteiger partial charge in [0, 0.05) is 55.5 Å². The summed E-state index contributed by atoms with van der Waals surface area (Å²) >= 11 is 0. The molecule has 3 aromatic heterocycles. The molecule has 3 heterocycles. The van der Waals surface area contributed by atoms with Crippen molar-refractivity contribution < 1.29 is 0 Å². The van der Waals surface area contributed by atoms with Gasteiger partial charge in [-0.1, -0.05) is 109 Å². The van der Waals surface area contributed by atoms with E-state index in [1.165, 1.54) is 98.7 Å². The fraction of sp³-hybridized carbons (Fsp3) is 0. The molecule has 11 aromatic rings. The molecule has 0 radical (unpaired) electrons. The molecule has 0 spiro atoms. The second kappa shape index (κ2) is 10.3. The van der Waals surface area contributed by atoms with Crippen molar-refractivity contribution in [2.75, 3.05) is 0 Å². The molecular formula is C49H29N3. The van der Waals surface area contributed by atoms with Gasteiger partial charge in [-0.2, -0.15) is 0 Å². The fourth-order valence-electron chi connectivity index (χ4n) is 9.00. The van der Waals surface area contributed by atoms with Gasteiger partial charge in [0.15, 0.2) is 0 Å². The van der Waals surface area contributed by atoms with Crippen LogP contribution in [0.15, 0.2) is 176 Å². The fourth-order valence-corrected chi connectivity index (χ4v) is 9.00. The Kier molecular flexibility index (Phi) is 5.50. The Morgan fingerprint density at radius 2 is 1.08 bits per heavy atom. The maximum Gasteiger partial charge on any atom is 0.0792 e. The van der Waals surface area contributed by atoms with E-state index in [1.54, 1.807) is 0 Å². The van der Waals surface area contributed by atoms with Gasteiger partial charge in [0.25, 0.3) is 0 Å². The van der Waals surface area contributed by atoms with Crippen molar-refractivity contribution in [2.24, 2.45) is 0 Å². The summed E-state index contributed by atoms with van der Waals surface area (Å²) in [6.07, 6.45) is 1.93. The first-order valence-corrected chi connectivity index (χ1v) is 17.9. The number of pyridine rings is 1. The lowest BCUT2D eigenvalue weighted by Gasteiger charge is -2.12. The Morgan fingerprint density at radius 3 is 1.94 bits per heavy atom. The lowest BCUT2D eigenvalue weighted by atomic mass is 10.00. The van der Waals surface area contributed by atoms with Crippen molar-refractivity contribution in [2.45, 2.75) is 0 Å². The Labute approximate surface area is 299 Å². The largest absolute Gasteiger partial charge is 0.309 e. The van der Waals surface area contributed by atoms with E-state index in [0.29, 0.717) is 0 Å². The highest BCUT2D eigenvalue weighted by molar-refractivity contribution is 6.20. The van der Waals surface area contributed by atoms with Crippen LogP contribution in [0.4, 0.5) is 0 Å². The summed E-state index contributed by atoms with van der Waals surface area (Å²) in [4.78, 5) is 4.83. The van der Waals surface area contributed by atoms with Crippen LogP contribution in [-0.2, 0) is 0 Å². The van der Waals surface area contributed by atoms with E-state index < -0.39 is 0 Å². The summed E-state index contributed by atoms with van der Waals surface area (Å²) in [6.45, 7) is 0. The van der Waals surface area contributed by atoms with Crippen molar-refractivity contribution in [3.8, 4) is 44.9 Å². The molecule has 0 unspecified atom stereocenters. The van der Waals surface area contributed by atoms with Crippen LogP contribution >= 0.6 is 0 Å². The summed E-state index contributed by atoms with van der Waals surface area (Å²) in [5.74, 6) is 0. The summed E-state index contributed by atoms with van der Waals surface area (Å²) in [7, 11) is 0. The van der Waals surface area contributed by atoms with Crippen molar-refractivity contribution >= 4 is 65.2 Å². The van der Waals surface area contributed by atoms with Crippen molar-refractivity contribution in [3.05, 3.63) is 176 Å². The van der Waals surface area contributed by atoms with Crippen LogP contribution in [0, 0.1) is 0 Å². The number of benzene rings is 8. The van der Waals surface area contributed by atoms with Crippen LogP contribution in [0.5, 0.6) is 0 Å². The zero-order valence-electron chi connectivity index (χ0n) is 28.1.